The van der Waals surface area contributed by atoms with Crippen LogP contribution in [0.15, 0.2) is 58.1 Å². The maximum Gasteiger partial charge on any atom is 0.231 e. The molecule has 0 unspecified atom stereocenters. The number of rotatable bonds is 4. The molecule has 0 saturated heterocycles. The van der Waals surface area contributed by atoms with E-state index >= 15 is 0 Å². The molecule has 8 heteroatoms. The normalized spacial score (nSPS) is 11.9. The number of hydrogen-bond donors (Lipinski definition) is 1. The van der Waals surface area contributed by atoms with Gasteiger partial charge in [-0.05, 0) is 35.9 Å². The standard InChI is InChI=1S/C18H14FN3O3S/c1-26(23,24)14-4-2-3-11(7-14)18-21-17(25-22-18)8-12-10-20-16-6-5-13(19)9-15(12)16/h2-7,9-10,20H,8H2,1H3. The first-order valence-corrected chi connectivity index (χ1v) is 9.68. The van der Waals surface area contributed by atoms with Crippen molar-refractivity contribution in [3.05, 3.63) is 65.9 Å². The number of benzene rings is 2. The molecule has 0 bridgehead atoms. The minimum Gasteiger partial charge on any atom is -0.361 e. The zero-order chi connectivity index (χ0) is 18.3. The van der Waals surface area contributed by atoms with Gasteiger partial charge in [0.25, 0.3) is 0 Å². The van der Waals surface area contributed by atoms with Crippen molar-refractivity contribution in [1.82, 2.24) is 15.1 Å². The van der Waals surface area contributed by atoms with Crippen molar-refractivity contribution in [3.63, 3.8) is 0 Å². The summed E-state index contributed by atoms with van der Waals surface area (Å²) in [6, 6.07) is 10.9. The summed E-state index contributed by atoms with van der Waals surface area (Å²) in [4.78, 5) is 7.59. The highest BCUT2D eigenvalue weighted by Crippen LogP contribution is 2.24. The van der Waals surface area contributed by atoms with Gasteiger partial charge in [-0.25, -0.2) is 12.8 Å². The fourth-order valence-corrected chi connectivity index (χ4v) is 3.44. The van der Waals surface area contributed by atoms with E-state index in [9.17, 15) is 12.8 Å². The molecule has 0 atom stereocenters. The van der Waals surface area contributed by atoms with E-state index in [-0.39, 0.29) is 10.7 Å². The molecule has 4 rings (SSSR count). The smallest absolute Gasteiger partial charge is 0.231 e. The van der Waals surface area contributed by atoms with E-state index in [2.05, 4.69) is 15.1 Å². The molecule has 0 spiro atoms. The molecule has 4 aromatic rings. The first-order valence-electron chi connectivity index (χ1n) is 7.79. The van der Waals surface area contributed by atoms with Gasteiger partial charge in [-0.2, -0.15) is 4.98 Å². The van der Waals surface area contributed by atoms with E-state index in [4.69, 9.17) is 4.52 Å². The average Bonchev–Trinajstić information content (AvgIpc) is 3.22. The largest absolute Gasteiger partial charge is 0.361 e. The van der Waals surface area contributed by atoms with Crippen LogP contribution in [0, 0.1) is 5.82 Å². The minimum absolute atomic E-state index is 0.188. The lowest BCUT2D eigenvalue weighted by Gasteiger charge is -1.99. The number of fused-ring (bicyclic) bond motifs is 1. The number of sulfone groups is 1. The highest BCUT2D eigenvalue weighted by atomic mass is 32.2. The summed E-state index contributed by atoms with van der Waals surface area (Å²) in [5.41, 5.74) is 2.20. The summed E-state index contributed by atoms with van der Waals surface area (Å²) in [7, 11) is -3.32. The van der Waals surface area contributed by atoms with Gasteiger partial charge in [0, 0.05) is 28.9 Å². The first-order chi connectivity index (χ1) is 12.4. The minimum atomic E-state index is -3.32. The third-order valence-electron chi connectivity index (χ3n) is 4.06. The van der Waals surface area contributed by atoms with E-state index < -0.39 is 9.84 Å². The summed E-state index contributed by atoms with van der Waals surface area (Å²) in [5.74, 6) is 0.341. The zero-order valence-corrected chi connectivity index (χ0v) is 14.5. The van der Waals surface area contributed by atoms with Crippen molar-refractivity contribution in [2.75, 3.05) is 6.26 Å². The molecule has 6 nitrogen and oxygen atoms in total. The molecular formula is C18H14FN3O3S. The van der Waals surface area contributed by atoms with Crippen LogP contribution < -0.4 is 0 Å². The molecule has 0 aliphatic heterocycles. The molecule has 2 aromatic heterocycles. The monoisotopic (exact) mass is 371 g/mol. The Kier molecular flexibility index (Phi) is 3.84. The Labute approximate surface area is 148 Å². The van der Waals surface area contributed by atoms with Crippen molar-refractivity contribution in [2.45, 2.75) is 11.3 Å². The molecule has 0 amide bonds. The first kappa shape index (κ1) is 16.5. The SMILES string of the molecule is CS(=O)(=O)c1cccc(-c2noc(Cc3c[nH]c4ccc(F)cc34)n2)c1. The van der Waals surface area contributed by atoms with Gasteiger partial charge in [0.15, 0.2) is 9.84 Å². The zero-order valence-electron chi connectivity index (χ0n) is 13.7. The Morgan fingerprint density at radius 2 is 2.04 bits per heavy atom. The van der Waals surface area contributed by atoms with Crippen LogP contribution in [0.25, 0.3) is 22.3 Å². The molecular weight excluding hydrogens is 357 g/mol. The van der Waals surface area contributed by atoms with Crippen LogP contribution in [0.5, 0.6) is 0 Å². The van der Waals surface area contributed by atoms with Gasteiger partial charge in [0.2, 0.25) is 11.7 Å². The lowest BCUT2D eigenvalue weighted by Crippen LogP contribution is -1.97. The van der Waals surface area contributed by atoms with Crippen LogP contribution in [0.3, 0.4) is 0 Å². The summed E-state index contributed by atoms with van der Waals surface area (Å²) < 4.78 is 42.1. The molecule has 0 aliphatic carbocycles. The second kappa shape index (κ2) is 6.06. The van der Waals surface area contributed by atoms with Gasteiger partial charge in [-0.15, -0.1) is 0 Å². The highest BCUT2D eigenvalue weighted by Gasteiger charge is 2.14. The van der Waals surface area contributed by atoms with E-state index in [1.165, 1.54) is 24.3 Å². The molecule has 0 fully saturated rings. The van der Waals surface area contributed by atoms with E-state index in [0.29, 0.717) is 23.7 Å². The van der Waals surface area contributed by atoms with Crippen LogP contribution >= 0.6 is 0 Å². The third-order valence-corrected chi connectivity index (χ3v) is 5.17. The number of aromatic nitrogens is 3. The Hall–Kier alpha value is -3.00. The predicted molar refractivity (Wildman–Crippen MR) is 93.9 cm³/mol. The van der Waals surface area contributed by atoms with Crippen molar-refractivity contribution in [2.24, 2.45) is 0 Å². The fourth-order valence-electron chi connectivity index (χ4n) is 2.77. The van der Waals surface area contributed by atoms with Gasteiger partial charge < -0.3 is 9.51 Å². The summed E-state index contributed by atoms with van der Waals surface area (Å²) in [6.07, 6.45) is 3.25. The van der Waals surface area contributed by atoms with Gasteiger partial charge in [0.1, 0.15) is 5.82 Å². The van der Waals surface area contributed by atoms with Crippen LogP contribution in [0.1, 0.15) is 11.5 Å². The topological polar surface area (TPSA) is 88.9 Å². The van der Waals surface area contributed by atoms with Crippen LogP contribution in [-0.4, -0.2) is 29.8 Å². The maximum atomic E-state index is 13.5. The van der Waals surface area contributed by atoms with Gasteiger partial charge in [-0.1, -0.05) is 17.3 Å². The Balaban J connectivity index is 1.65. The van der Waals surface area contributed by atoms with Crippen molar-refractivity contribution < 1.29 is 17.3 Å². The maximum absolute atomic E-state index is 13.5. The van der Waals surface area contributed by atoms with Gasteiger partial charge >= 0.3 is 0 Å². The molecule has 132 valence electrons. The summed E-state index contributed by atoms with van der Waals surface area (Å²) in [6.45, 7) is 0. The lowest BCUT2D eigenvalue weighted by molar-refractivity contribution is 0.386. The fraction of sp³-hybridized carbons (Fsp3) is 0.111. The van der Waals surface area contributed by atoms with Crippen molar-refractivity contribution in [3.8, 4) is 11.4 Å². The number of nitrogens with one attached hydrogen (secondary N) is 1. The van der Waals surface area contributed by atoms with E-state index in [1.54, 1.807) is 24.4 Å². The van der Waals surface area contributed by atoms with Crippen molar-refractivity contribution in [1.29, 1.82) is 0 Å². The molecule has 0 radical (unpaired) electrons. The second-order valence-corrected chi connectivity index (χ2v) is 8.01. The van der Waals surface area contributed by atoms with Crippen LogP contribution in [0.4, 0.5) is 4.39 Å². The third kappa shape index (κ3) is 3.11. The molecule has 26 heavy (non-hydrogen) atoms. The highest BCUT2D eigenvalue weighted by molar-refractivity contribution is 7.90. The van der Waals surface area contributed by atoms with E-state index in [0.717, 1.165) is 22.7 Å². The summed E-state index contributed by atoms with van der Waals surface area (Å²) in [5, 5.41) is 4.68. The molecule has 0 aliphatic rings. The number of H-pyrrole nitrogens is 1. The van der Waals surface area contributed by atoms with Gasteiger partial charge in [-0.3, -0.25) is 0 Å². The number of aromatic amines is 1. The molecule has 2 heterocycles. The van der Waals surface area contributed by atoms with Crippen LogP contribution in [0.2, 0.25) is 0 Å². The number of halogens is 1. The molecule has 2 aromatic carbocycles. The average molecular weight is 371 g/mol. The summed E-state index contributed by atoms with van der Waals surface area (Å²) >= 11 is 0. The Morgan fingerprint density at radius 3 is 2.85 bits per heavy atom. The lowest BCUT2D eigenvalue weighted by atomic mass is 10.1. The molecule has 0 saturated carbocycles. The molecule has 1 N–H and O–H groups in total. The quantitative estimate of drug-likeness (QED) is 0.594. The number of nitrogens with zero attached hydrogens (tertiary/aromatic N) is 2. The van der Waals surface area contributed by atoms with E-state index in [1.807, 2.05) is 0 Å². The predicted octanol–water partition coefficient (Wildman–Crippen LogP) is 3.35. The Bertz CT molecular complexity index is 1210. The van der Waals surface area contributed by atoms with Crippen LogP contribution in [-0.2, 0) is 16.3 Å². The second-order valence-electron chi connectivity index (χ2n) is 5.99. The number of hydrogen-bond acceptors (Lipinski definition) is 5. The van der Waals surface area contributed by atoms with Crippen molar-refractivity contribution >= 4 is 20.7 Å². The van der Waals surface area contributed by atoms with Gasteiger partial charge in [0.05, 0.1) is 11.3 Å². The Morgan fingerprint density at radius 1 is 1.19 bits per heavy atom.